The Bertz CT molecular complexity index is 819. The van der Waals surface area contributed by atoms with Crippen molar-refractivity contribution in [3.63, 3.8) is 0 Å². The smallest absolute Gasteiger partial charge is 0.224 e. The predicted octanol–water partition coefficient (Wildman–Crippen LogP) is 3.35. The number of nitrogens with zero attached hydrogens (tertiary/aromatic N) is 1. The maximum absolute atomic E-state index is 12.0. The summed E-state index contributed by atoms with van der Waals surface area (Å²) < 4.78 is 5.46. The van der Waals surface area contributed by atoms with E-state index in [0.717, 1.165) is 28.6 Å². The van der Waals surface area contributed by atoms with Crippen molar-refractivity contribution in [1.29, 1.82) is 0 Å². The quantitative estimate of drug-likeness (QED) is 0.786. The summed E-state index contributed by atoms with van der Waals surface area (Å²) in [5.41, 5.74) is 5.04. The number of hydrogen-bond acceptors (Lipinski definition) is 3. The van der Waals surface area contributed by atoms with E-state index in [-0.39, 0.29) is 5.91 Å². The Morgan fingerprint density at radius 1 is 1.09 bits per heavy atom. The summed E-state index contributed by atoms with van der Waals surface area (Å²) >= 11 is 0. The predicted molar refractivity (Wildman–Crippen MR) is 90.3 cm³/mol. The van der Waals surface area contributed by atoms with Gasteiger partial charge in [0.05, 0.1) is 6.42 Å². The van der Waals surface area contributed by atoms with Crippen molar-refractivity contribution in [2.45, 2.75) is 26.7 Å². The average Bonchev–Trinajstić information content (AvgIpc) is 2.89. The van der Waals surface area contributed by atoms with E-state index >= 15 is 0 Å². The van der Waals surface area contributed by atoms with E-state index in [4.69, 9.17) is 4.42 Å². The van der Waals surface area contributed by atoms with Crippen molar-refractivity contribution < 1.29 is 9.21 Å². The molecule has 3 rings (SSSR count). The first-order valence-corrected chi connectivity index (χ1v) is 7.78. The van der Waals surface area contributed by atoms with Gasteiger partial charge in [-0.3, -0.25) is 4.79 Å². The van der Waals surface area contributed by atoms with Crippen LogP contribution in [0, 0.1) is 13.8 Å². The van der Waals surface area contributed by atoms with Gasteiger partial charge in [-0.1, -0.05) is 35.9 Å². The summed E-state index contributed by atoms with van der Waals surface area (Å²) in [5, 5.41) is 2.96. The van der Waals surface area contributed by atoms with Gasteiger partial charge in [0.25, 0.3) is 0 Å². The van der Waals surface area contributed by atoms with E-state index in [0.29, 0.717) is 18.9 Å². The molecule has 0 radical (unpaired) electrons. The third-order valence-electron chi connectivity index (χ3n) is 3.78. The van der Waals surface area contributed by atoms with Crippen molar-refractivity contribution in [1.82, 2.24) is 10.3 Å². The Labute approximate surface area is 135 Å². The fraction of sp³-hybridized carbons (Fsp3) is 0.263. The Kier molecular flexibility index (Phi) is 4.42. The largest absolute Gasteiger partial charge is 0.441 e. The molecule has 0 aliphatic rings. The Morgan fingerprint density at radius 3 is 2.61 bits per heavy atom. The Morgan fingerprint density at radius 2 is 1.83 bits per heavy atom. The molecule has 0 saturated carbocycles. The summed E-state index contributed by atoms with van der Waals surface area (Å²) in [6.07, 6.45) is 1.20. The summed E-state index contributed by atoms with van der Waals surface area (Å²) in [4.78, 5) is 16.3. The van der Waals surface area contributed by atoms with E-state index in [1.54, 1.807) is 0 Å². The normalized spacial score (nSPS) is 10.9. The van der Waals surface area contributed by atoms with Gasteiger partial charge in [-0.15, -0.1) is 0 Å². The van der Waals surface area contributed by atoms with E-state index in [9.17, 15) is 4.79 Å². The number of aromatic nitrogens is 1. The number of amides is 1. The van der Waals surface area contributed by atoms with Gasteiger partial charge in [0.15, 0.2) is 11.5 Å². The molecule has 4 nitrogen and oxygen atoms in total. The molecule has 0 fully saturated rings. The van der Waals surface area contributed by atoms with Gasteiger partial charge in [-0.2, -0.15) is 0 Å². The second kappa shape index (κ2) is 6.65. The summed E-state index contributed by atoms with van der Waals surface area (Å²) in [5.74, 6) is 0.718. The molecule has 1 amide bonds. The third-order valence-corrected chi connectivity index (χ3v) is 3.78. The monoisotopic (exact) mass is 308 g/mol. The number of aryl methyl sites for hydroxylation is 2. The molecule has 3 aromatic rings. The van der Waals surface area contributed by atoms with Gasteiger partial charge in [0.1, 0.15) is 5.52 Å². The van der Waals surface area contributed by atoms with Gasteiger partial charge < -0.3 is 9.73 Å². The van der Waals surface area contributed by atoms with E-state index in [1.807, 2.05) is 56.3 Å². The molecule has 1 heterocycles. The van der Waals surface area contributed by atoms with Crippen molar-refractivity contribution in [2.75, 3.05) is 6.54 Å². The highest BCUT2D eigenvalue weighted by atomic mass is 16.3. The molecule has 0 bridgehead atoms. The second-order valence-corrected chi connectivity index (χ2v) is 5.80. The van der Waals surface area contributed by atoms with Gasteiger partial charge in [0.2, 0.25) is 5.91 Å². The standard InChI is InChI=1S/C19H20N2O2/c1-13-3-5-15(6-4-13)12-19(22)20-10-9-16-7-8-18-17(11-16)21-14(2)23-18/h3-8,11H,9-10,12H2,1-2H3,(H,20,22). The molecule has 4 heteroatoms. The average molecular weight is 308 g/mol. The first-order valence-electron chi connectivity index (χ1n) is 7.78. The topological polar surface area (TPSA) is 55.1 Å². The minimum absolute atomic E-state index is 0.0483. The SMILES string of the molecule is Cc1ccc(CC(=O)NCCc2ccc3oc(C)nc3c2)cc1. The molecule has 1 N–H and O–H groups in total. The van der Waals surface area contributed by atoms with E-state index in [1.165, 1.54) is 5.56 Å². The van der Waals surface area contributed by atoms with Crippen LogP contribution in [0.5, 0.6) is 0 Å². The van der Waals surface area contributed by atoms with Crippen molar-refractivity contribution in [3.8, 4) is 0 Å². The molecule has 0 saturated heterocycles. The van der Waals surface area contributed by atoms with Crippen LogP contribution in [-0.2, 0) is 17.6 Å². The molecular weight excluding hydrogens is 288 g/mol. The fourth-order valence-electron chi connectivity index (χ4n) is 2.54. The maximum atomic E-state index is 12.0. The number of rotatable bonds is 5. The lowest BCUT2D eigenvalue weighted by Crippen LogP contribution is -2.27. The Hall–Kier alpha value is -2.62. The zero-order chi connectivity index (χ0) is 16.2. The van der Waals surface area contributed by atoms with Crippen LogP contribution in [0.15, 0.2) is 46.9 Å². The number of nitrogens with one attached hydrogen (secondary N) is 1. The molecular formula is C19H20N2O2. The lowest BCUT2D eigenvalue weighted by molar-refractivity contribution is -0.120. The van der Waals surface area contributed by atoms with Crippen LogP contribution in [0.3, 0.4) is 0 Å². The third kappa shape index (κ3) is 3.97. The van der Waals surface area contributed by atoms with Crippen molar-refractivity contribution in [3.05, 3.63) is 65.0 Å². The minimum Gasteiger partial charge on any atom is -0.441 e. The number of carbonyl (C=O) groups is 1. The number of fused-ring (bicyclic) bond motifs is 1. The zero-order valence-corrected chi connectivity index (χ0v) is 13.4. The summed E-state index contributed by atoms with van der Waals surface area (Å²) in [7, 11) is 0. The summed E-state index contributed by atoms with van der Waals surface area (Å²) in [6.45, 7) is 4.50. The van der Waals surface area contributed by atoms with Crippen LogP contribution in [0.2, 0.25) is 0 Å². The van der Waals surface area contributed by atoms with Crippen molar-refractivity contribution >= 4 is 17.0 Å². The van der Waals surface area contributed by atoms with Crippen LogP contribution in [0.25, 0.3) is 11.1 Å². The van der Waals surface area contributed by atoms with Crippen molar-refractivity contribution in [2.24, 2.45) is 0 Å². The van der Waals surface area contributed by atoms with Crippen LogP contribution >= 0.6 is 0 Å². The lowest BCUT2D eigenvalue weighted by atomic mass is 10.1. The lowest BCUT2D eigenvalue weighted by Gasteiger charge is -2.06. The molecule has 23 heavy (non-hydrogen) atoms. The molecule has 0 aliphatic heterocycles. The van der Waals surface area contributed by atoms with Gasteiger partial charge in [-0.25, -0.2) is 4.98 Å². The molecule has 0 aliphatic carbocycles. The first-order chi connectivity index (χ1) is 11.1. The van der Waals surface area contributed by atoms with E-state index in [2.05, 4.69) is 10.3 Å². The highest BCUT2D eigenvalue weighted by Gasteiger charge is 2.05. The molecule has 2 aromatic carbocycles. The van der Waals surface area contributed by atoms with Crippen LogP contribution in [-0.4, -0.2) is 17.4 Å². The molecule has 118 valence electrons. The highest BCUT2D eigenvalue weighted by molar-refractivity contribution is 5.78. The van der Waals surface area contributed by atoms with Gasteiger partial charge in [-0.05, 0) is 36.6 Å². The Balaban J connectivity index is 1.51. The second-order valence-electron chi connectivity index (χ2n) is 5.80. The first kappa shape index (κ1) is 15.3. The summed E-state index contributed by atoms with van der Waals surface area (Å²) in [6, 6.07) is 14.0. The van der Waals surface area contributed by atoms with Crippen LogP contribution < -0.4 is 5.32 Å². The number of oxazole rings is 1. The maximum Gasteiger partial charge on any atom is 0.224 e. The molecule has 1 aromatic heterocycles. The zero-order valence-electron chi connectivity index (χ0n) is 13.4. The minimum atomic E-state index is 0.0483. The molecule has 0 unspecified atom stereocenters. The molecule has 0 spiro atoms. The number of hydrogen-bond donors (Lipinski definition) is 1. The molecule has 0 atom stereocenters. The highest BCUT2D eigenvalue weighted by Crippen LogP contribution is 2.16. The number of carbonyl (C=O) groups excluding carboxylic acids is 1. The van der Waals surface area contributed by atoms with Gasteiger partial charge >= 0.3 is 0 Å². The number of benzene rings is 2. The van der Waals surface area contributed by atoms with Crippen LogP contribution in [0.4, 0.5) is 0 Å². The fourth-order valence-corrected chi connectivity index (χ4v) is 2.54. The van der Waals surface area contributed by atoms with E-state index < -0.39 is 0 Å². The van der Waals surface area contributed by atoms with Crippen LogP contribution in [0.1, 0.15) is 22.6 Å². The van der Waals surface area contributed by atoms with Gasteiger partial charge in [0, 0.05) is 13.5 Å².